The molecule has 2 aromatic carbocycles. The van der Waals surface area contributed by atoms with Crippen LogP contribution in [0.4, 0.5) is 11.4 Å². The molecule has 1 aromatic heterocycles. The number of rotatable bonds is 3. The number of hydrogen-bond donors (Lipinski definition) is 1. The number of nitrogens with one attached hydrogen (secondary N) is 1. The zero-order valence-corrected chi connectivity index (χ0v) is 16.3. The highest BCUT2D eigenvalue weighted by atomic mass is 16.3. The minimum atomic E-state index is -0.563. The summed E-state index contributed by atoms with van der Waals surface area (Å²) in [4.78, 5) is 27.2. The van der Waals surface area contributed by atoms with Gasteiger partial charge in [0.25, 0.3) is 0 Å². The van der Waals surface area contributed by atoms with Crippen LogP contribution in [-0.2, 0) is 4.79 Å². The average molecular weight is 364 g/mol. The second-order valence-electron chi connectivity index (χ2n) is 7.77. The Hall–Kier alpha value is -3.08. The van der Waals surface area contributed by atoms with Crippen molar-refractivity contribution in [2.45, 2.75) is 20.8 Å². The Bertz CT molecular complexity index is 1060. The molecule has 0 aliphatic heterocycles. The molecule has 0 saturated carbocycles. The molecule has 5 nitrogen and oxygen atoms in total. The van der Waals surface area contributed by atoms with E-state index in [1.807, 2.05) is 64.0 Å². The summed E-state index contributed by atoms with van der Waals surface area (Å²) in [5.41, 5.74) is 1.95. The van der Waals surface area contributed by atoms with Gasteiger partial charge in [0.1, 0.15) is 11.3 Å². The lowest BCUT2D eigenvalue weighted by Gasteiger charge is -2.19. The van der Waals surface area contributed by atoms with Crippen molar-refractivity contribution < 1.29 is 9.21 Å². The highest BCUT2D eigenvalue weighted by Crippen LogP contribution is 2.32. The second kappa shape index (κ2) is 6.91. The summed E-state index contributed by atoms with van der Waals surface area (Å²) in [6.45, 7) is 5.48. The Morgan fingerprint density at radius 2 is 1.74 bits per heavy atom. The SMILES string of the molecule is CN(C)c1ccccc1-c1cc(=O)c2c(NC(=O)C(C)(C)C)cccc2o1. The molecule has 0 atom stereocenters. The van der Waals surface area contributed by atoms with Crippen LogP contribution in [0.1, 0.15) is 20.8 Å². The molecule has 0 radical (unpaired) electrons. The van der Waals surface area contributed by atoms with Crippen LogP contribution in [0, 0.1) is 5.41 Å². The van der Waals surface area contributed by atoms with Gasteiger partial charge in [-0.15, -0.1) is 0 Å². The zero-order chi connectivity index (χ0) is 19.8. The molecule has 0 spiro atoms. The van der Waals surface area contributed by atoms with Crippen molar-refractivity contribution in [2.24, 2.45) is 5.41 Å². The Labute approximate surface area is 158 Å². The van der Waals surface area contributed by atoms with Gasteiger partial charge in [-0.25, -0.2) is 0 Å². The summed E-state index contributed by atoms with van der Waals surface area (Å²) in [6, 6.07) is 14.5. The van der Waals surface area contributed by atoms with Gasteiger partial charge in [-0.2, -0.15) is 0 Å². The van der Waals surface area contributed by atoms with Gasteiger partial charge in [0, 0.05) is 36.8 Å². The fraction of sp³-hybridized carbons (Fsp3) is 0.273. The first-order valence-corrected chi connectivity index (χ1v) is 8.83. The number of anilines is 2. The quantitative estimate of drug-likeness (QED) is 0.743. The van der Waals surface area contributed by atoms with Crippen LogP contribution in [0.25, 0.3) is 22.3 Å². The molecule has 140 valence electrons. The molecule has 0 unspecified atom stereocenters. The van der Waals surface area contributed by atoms with Crippen LogP contribution in [0.3, 0.4) is 0 Å². The van der Waals surface area contributed by atoms with Gasteiger partial charge in [-0.05, 0) is 24.3 Å². The lowest BCUT2D eigenvalue weighted by atomic mass is 9.95. The van der Waals surface area contributed by atoms with E-state index in [0.717, 1.165) is 11.3 Å². The Balaban J connectivity index is 2.15. The average Bonchev–Trinajstić information content (AvgIpc) is 2.60. The molecule has 0 fully saturated rings. The van der Waals surface area contributed by atoms with Crippen molar-refractivity contribution in [3.05, 3.63) is 58.8 Å². The minimum Gasteiger partial charge on any atom is -0.456 e. The largest absolute Gasteiger partial charge is 0.456 e. The van der Waals surface area contributed by atoms with Crippen LogP contribution in [0.15, 0.2) is 57.7 Å². The van der Waals surface area contributed by atoms with Crippen molar-refractivity contribution in [3.8, 4) is 11.3 Å². The second-order valence-corrected chi connectivity index (χ2v) is 7.77. The van der Waals surface area contributed by atoms with Crippen molar-refractivity contribution in [1.82, 2.24) is 0 Å². The summed E-state index contributed by atoms with van der Waals surface area (Å²) in [5.74, 6) is 0.340. The third kappa shape index (κ3) is 3.72. The first-order chi connectivity index (χ1) is 12.7. The van der Waals surface area contributed by atoms with Gasteiger partial charge in [0.2, 0.25) is 5.91 Å². The number of fused-ring (bicyclic) bond motifs is 1. The zero-order valence-electron chi connectivity index (χ0n) is 16.3. The molecular formula is C22H24N2O3. The molecule has 1 heterocycles. The van der Waals surface area contributed by atoms with Crippen molar-refractivity contribution >= 4 is 28.3 Å². The topological polar surface area (TPSA) is 62.6 Å². The fourth-order valence-electron chi connectivity index (χ4n) is 2.83. The maximum Gasteiger partial charge on any atom is 0.229 e. The lowest BCUT2D eigenvalue weighted by Crippen LogP contribution is -2.28. The third-order valence-corrected chi connectivity index (χ3v) is 4.34. The summed E-state index contributed by atoms with van der Waals surface area (Å²) in [7, 11) is 3.89. The number of para-hydroxylation sites is 1. The van der Waals surface area contributed by atoms with E-state index in [9.17, 15) is 9.59 Å². The van der Waals surface area contributed by atoms with Crippen LogP contribution in [0.2, 0.25) is 0 Å². The first-order valence-electron chi connectivity index (χ1n) is 8.83. The van der Waals surface area contributed by atoms with E-state index in [4.69, 9.17) is 4.42 Å². The molecule has 3 rings (SSSR count). The Morgan fingerprint density at radius 3 is 2.41 bits per heavy atom. The third-order valence-electron chi connectivity index (χ3n) is 4.34. The maximum atomic E-state index is 12.9. The summed E-state index contributed by atoms with van der Waals surface area (Å²) in [5, 5.41) is 3.22. The van der Waals surface area contributed by atoms with Gasteiger partial charge in [-0.3, -0.25) is 9.59 Å². The molecule has 0 bridgehead atoms. The van der Waals surface area contributed by atoms with E-state index in [2.05, 4.69) is 5.32 Å². The van der Waals surface area contributed by atoms with Crippen molar-refractivity contribution in [3.63, 3.8) is 0 Å². The molecule has 27 heavy (non-hydrogen) atoms. The number of amides is 1. The first kappa shape index (κ1) is 18.7. The van der Waals surface area contributed by atoms with Crippen molar-refractivity contribution in [1.29, 1.82) is 0 Å². The number of nitrogens with zero attached hydrogens (tertiary/aromatic N) is 1. The predicted molar refractivity (Wildman–Crippen MR) is 110 cm³/mol. The molecule has 0 aliphatic carbocycles. The lowest BCUT2D eigenvalue weighted by molar-refractivity contribution is -0.123. The Morgan fingerprint density at radius 1 is 1.04 bits per heavy atom. The molecule has 0 saturated heterocycles. The van der Waals surface area contributed by atoms with E-state index >= 15 is 0 Å². The molecule has 3 aromatic rings. The van der Waals surface area contributed by atoms with Crippen LogP contribution < -0.4 is 15.6 Å². The van der Waals surface area contributed by atoms with Crippen LogP contribution >= 0.6 is 0 Å². The highest BCUT2D eigenvalue weighted by molar-refractivity contribution is 6.02. The molecule has 0 aliphatic rings. The smallest absolute Gasteiger partial charge is 0.229 e. The number of carbonyl (C=O) groups excluding carboxylic acids is 1. The van der Waals surface area contributed by atoms with E-state index in [-0.39, 0.29) is 11.3 Å². The maximum absolute atomic E-state index is 12.9. The van der Waals surface area contributed by atoms with Gasteiger partial charge in [0.05, 0.1) is 11.1 Å². The van der Waals surface area contributed by atoms with Crippen molar-refractivity contribution in [2.75, 3.05) is 24.3 Å². The summed E-state index contributed by atoms with van der Waals surface area (Å²) < 4.78 is 6.05. The molecule has 1 N–H and O–H groups in total. The van der Waals surface area contributed by atoms with E-state index in [0.29, 0.717) is 22.4 Å². The number of benzene rings is 2. The molecule has 1 amide bonds. The van der Waals surface area contributed by atoms with E-state index in [1.165, 1.54) is 6.07 Å². The minimum absolute atomic E-state index is 0.156. The van der Waals surface area contributed by atoms with E-state index < -0.39 is 5.41 Å². The summed E-state index contributed by atoms with van der Waals surface area (Å²) in [6.07, 6.45) is 0. The normalized spacial score (nSPS) is 11.4. The summed E-state index contributed by atoms with van der Waals surface area (Å²) >= 11 is 0. The molecular weight excluding hydrogens is 340 g/mol. The van der Waals surface area contributed by atoms with Gasteiger partial charge >= 0.3 is 0 Å². The fourth-order valence-corrected chi connectivity index (χ4v) is 2.83. The van der Waals surface area contributed by atoms with E-state index in [1.54, 1.807) is 18.2 Å². The predicted octanol–water partition coefficient (Wildman–Crippen LogP) is 4.51. The van der Waals surface area contributed by atoms with Gasteiger partial charge < -0.3 is 14.6 Å². The van der Waals surface area contributed by atoms with Gasteiger partial charge in [0.15, 0.2) is 5.43 Å². The van der Waals surface area contributed by atoms with Crippen LogP contribution in [-0.4, -0.2) is 20.0 Å². The highest BCUT2D eigenvalue weighted by Gasteiger charge is 2.22. The number of hydrogen-bond acceptors (Lipinski definition) is 4. The molecule has 5 heteroatoms. The van der Waals surface area contributed by atoms with Crippen LogP contribution in [0.5, 0.6) is 0 Å². The monoisotopic (exact) mass is 364 g/mol. The number of carbonyl (C=O) groups is 1. The Kier molecular flexibility index (Phi) is 4.79. The standard InChI is InChI=1S/C22H24N2O3/c1-22(2,3)21(26)23-15-10-8-12-18-20(15)17(25)13-19(27-18)14-9-6-7-11-16(14)24(4)5/h6-13H,1-5H3,(H,23,26). The van der Waals surface area contributed by atoms with Gasteiger partial charge in [-0.1, -0.05) is 39.0 Å².